The second-order valence-electron chi connectivity index (χ2n) is 2.80. The smallest absolute Gasteiger partial charge is 0.469 e. The van der Waals surface area contributed by atoms with Crippen molar-refractivity contribution in [2.45, 2.75) is 18.6 Å². The van der Waals surface area contributed by atoms with Crippen LogP contribution in [-0.4, -0.2) is 55.7 Å². The minimum absolute atomic E-state index is 0.988. The van der Waals surface area contributed by atoms with E-state index in [-0.39, 0.29) is 0 Å². The Hall–Kier alpha value is -0.830. The lowest BCUT2D eigenvalue weighted by atomic mass is 10.1. The molecule has 5 N–H and O–H groups in total. The number of ketones is 1. The van der Waals surface area contributed by atoms with Crippen molar-refractivity contribution < 1.29 is 43.8 Å². The molecule has 0 aromatic heterocycles. The zero-order chi connectivity index (χ0) is 12.9. The van der Waals surface area contributed by atoms with Crippen molar-refractivity contribution in [1.82, 2.24) is 0 Å². The molecule has 0 amide bonds. The maximum atomic E-state index is 10.8. The quantitative estimate of drug-likeness (QED) is 0.321. The number of rotatable bonds is 7. The number of phosphoric ester groups is 1. The number of hydrogen-bond donors (Lipinski definition) is 5. The van der Waals surface area contributed by atoms with Crippen LogP contribution in [0.2, 0.25) is 0 Å². The monoisotopic (exact) mass is 258 g/mol. The van der Waals surface area contributed by atoms with Crippen LogP contribution < -0.4 is 0 Å². The Balaban J connectivity index is 4.72. The molecule has 0 bridgehead atoms. The normalized spacial score (nSPS) is 15.5. The van der Waals surface area contributed by atoms with Crippen molar-refractivity contribution in [3.05, 3.63) is 0 Å². The van der Waals surface area contributed by atoms with E-state index < -0.39 is 44.8 Å². The molecule has 16 heavy (non-hydrogen) atoms. The van der Waals surface area contributed by atoms with Gasteiger partial charge in [-0.2, -0.15) is 0 Å². The van der Waals surface area contributed by atoms with Gasteiger partial charge in [0, 0.05) is 0 Å². The highest BCUT2D eigenvalue weighted by Gasteiger charge is 2.33. The van der Waals surface area contributed by atoms with E-state index in [1.165, 1.54) is 0 Å². The summed E-state index contributed by atoms with van der Waals surface area (Å²) in [5, 5.41) is 25.9. The van der Waals surface area contributed by atoms with Gasteiger partial charge < -0.3 is 25.1 Å². The van der Waals surface area contributed by atoms with Crippen LogP contribution in [0.4, 0.5) is 0 Å². The predicted molar refractivity (Wildman–Crippen MR) is 47.3 cm³/mol. The van der Waals surface area contributed by atoms with Gasteiger partial charge in [0.2, 0.25) is 0 Å². The lowest BCUT2D eigenvalue weighted by molar-refractivity contribution is -0.144. The first-order chi connectivity index (χ1) is 7.17. The molecule has 0 aromatic rings. The standard InChI is InChI=1S/C6H11O9P/c7-2-3(8)6(11)4(1-5(9)10)15-16(12,13)14/h4,6-7,11H,1-2H2,(H,9,10)(H2,12,13,14)/t4-,6-/m1/s1. The highest BCUT2D eigenvalue weighted by atomic mass is 31.2. The van der Waals surface area contributed by atoms with Crippen LogP contribution in [0.15, 0.2) is 0 Å². The van der Waals surface area contributed by atoms with E-state index in [1.807, 2.05) is 0 Å². The minimum atomic E-state index is -5.04. The molecule has 0 aliphatic rings. The van der Waals surface area contributed by atoms with Gasteiger partial charge in [0.15, 0.2) is 5.78 Å². The number of aliphatic carboxylic acids is 1. The Kier molecular flexibility index (Phi) is 5.73. The molecule has 0 unspecified atom stereocenters. The molecule has 0 radical (unpaired) electrons. The lowest BCUT2D eigenvalue weighted by Gasteiger charge is -2.20. The summed E-state index contributed by atoms with van der Waals surface area (Å²) in [6.45, 7) is -1.10. The third-order valence-electron chi connectivity index (χ3n) is 1.49. The molecule has 0 spiro atoms. The van der Waals surface area contributed by atoms with Gasteiger partial charge in [0.25, 0.3) is 0 Å². The molecule has 9 nitrogen and oxygen atoms in total. The van der Waals surface area contributed by atoms with Gasteiger partial charge in [0.1, 0.15) is 18.8 Å². The first-order valence-electron chi connectivity index (χ1n) is 3.94. The summed E-state index contributed by atoms with van der Waals surface area (Å²) in [7, 11) is -5.04. The molecule has 0 saturated carbocycles. The Morgan fingerprint density at radius 1 is 1.31 bits per heavy atom. The van der Waals surface area contributed by atoms with Crippen LogP contribution >= 0.6 is 7.82 Å². The molecule has 0 aliphatic heterocycles. The number of carboxylic acids is 1. The average Bonchev–Trinajstić information content (AvgIpc) is 2.11. The highest BCUT2D eigenvalue weighted by molar-refractivity contribution is 7.46. The van der Waals surface area contributed by atoms with Gasteiger partial charge in [-0.15, -0.1) is 0 Å². The summed E-state index contributed by atoms with van der Waals surface area (Å²) in [5.41, 5.74) is 0. The third-order valence-corrected chi connectivity index (χ3v) is 2.03. The van der Waals surface area contributed by atoms with Crippen LogP contribution in [0.3, 0.4) is 0 Å². The fourth-order valence-electron chi connectivity index (χ4n) is 0.856. The SMILES string of the molecule is O=C(O)C[C@@H](OP(=O)(O)O)[C@H](O)C(=O)CO. The molecular weight excluding hydrogens is 247 g/mol. The zero-order valence-electron chi connectivity index (χ0n) is 7.89. The van der Waals surface area contributed by atoms with E-state index in [1.54, 1.807) is 0 Å². The number of carbonyl (C=O) groups excluding carboxylic acids is 1. The number of carbonyl (C=O) groups is 2. The van der Waals surface area contributed by atoms with Gasteiger partial charge in [-0.1, -0.05) is 0 Å². The van der Waals surface area contributed by atoms with Gasteiger partial charge in [-0.3, -0.25) is 14.1 Å². The van der Waals surface area contributed by atoms with Gasteiger partial charge in [-0.05, 0) is 0 Å². The molecule has 94 valence electrons. The van der Waals surface area contributed by atoms with Crippen molar-refractivity contribution in [2.24, 2.45) is 0 Å². The lowest BCUT2D eigenvalue weighted by Crippen LogP contribution is -2.38. The maximum absolute atomic E-state index is 10.8. The first-order valence-corrected chi connectivity index (χ1v) is 5.47. The van der Waals surface area contributed by atoms with Crippen molar-refractivity contribution in [2.75, 3.05) is 6.61 Å². The Bertz CT molecular complexity index is 307. The van der Waals surface area contributed by atoms with E-state index in [9.17, 15) is 14.2 Å². The molecule has 0 saturated heterocycles. The number of phosphoric acid groups is 1. The minimum Gasteiger partial charge on any atom is -0.481 e. The van der Waals surface area contributed by atoms with Crippen molar-refractivity contribution in [3.8, 4) is 0 Å². The fraction of sp³-hybridized carbons (Fsp3) is 0.667. The zero-order valence-corrected chi connectivity index (χ0v) is 8.78. The van der Waals surface area contributed by atoms with E-state index in [4.69, 9.17) is 25.1 Å². The second-order valence-corrected chi connectivity index (χ2v) is 3.99. The third kappa shape index (κ3) is 5.91. The molecule has 2 atom stereocenters. The van der Waals surface area contributed by atoms with E-state index in [2.05, 4.69) is 4.52 Å². The summed E-state index contributed by atoms with van der Waals surface area (Å²) in [4.78, 5) is 37.9. The van der Waals surface area contributed by atoms with Crippen LogP contribution in [0, 0.1) is 0 Å². The summed E-state index contributed by atoms with van der Waals surface area (Å²) >= 11 is 0. The summed E-state index contributed by atoms with van der Waals surface area (Å²) in [5.74, 6) is -2.72. The molecule has 0 rings (SSSR count). The van der Waals surface area contributed by atoms with Gasteiger partial charge in [-0.25, -0.2) is 4.57 Å². The van der Waals surface area contributed by atoms with Crippen molar-refractivity contribution >= 4 is 19.6 Å². The fourth-order valence-corrected chi connectivity index (χ4v) is 1.40. The Morgan fingerprint density at radius 3 is 2.12 bits per heavy atom. The van der Waals surface area contributed by atoms with Crippen LogP contribution in [0.25, 0.3) is 0 Å². The number of hydrogen-bond acceptors (Lipinski definition) is 6. The van der Waals surface area contributed by atoms with Crippen LogP contribution in [0.1, 0.15) is 6.42 Å². The van der Waals surface area contributed by atoms with Crippen molar-refractivity contribution in [1.29, 1.82) is 0 Å². The van der Waals surface area contributed by atoms with E-state index >= 15 is 0 Å². The average molecular weight is 258 g/mol. The molecule has 10 heteroatoms. The number of Topliss-reactive ketones (excluding diaryl/α,β-unsaturated/α-hetero) is 1. The largest absolute Gasteiger partial charge is 0.481 e. The molecule has 0 heterocycles. The topological polar surface area (TPSA) is 162 Å². The number of aliphatic hydroxyl groups excluding tert-OH is 2. The first kappa shape index (κ1) is 15.2. The van der Waals surface area contributed by atoms with Crippen LogP contribution in [0.5, 0.6) is 0 Å². The molecule has 0 aromatic carbocycles. The maximum Gasteiger partial charge on any atom is 0.469 e. The van der Waals surface area contributed by atoms with E-state index in [0.29, 0.717) is 0 Å². The van der Waals surface area contributed by atoms with E-state index in [0.717, 1.165) is 0 Å². The Labute approximate surface area is 89.5 Å². The predicted octanol–water partition coefficient (Wildman–Crippen LogP) is -2.14. The second kappa shape index (κ2) is 6.04. The van der Waals surface area contributed by atoms with Crippen LogP contribution in [-0.2, 0) is 18.7 Å². The summed E-state index contributed by atoms with van der Waals surface area (Å²) in [6, 6.07) is 0. The highest BCUT2D eigenvalue weighted by Crippen LogP contribution is 2.39. The van der Waals surface area contributed by atoms with Crippen molar-refractivity contribution in [3.63, 3.8) is 0 Å². The molecule has 0 fully saturated rings. The molecule has 0 aliphatic carbocycles. The summed E-state index contributed by atoms with van der Waals surface area (Å²) in [6.07, 6.45) is -5.02. The summed E-state index contributed by atoms with van der Waals surface area (Å²) < 4.78 is 14.4. The number of aliphatic hydroxyl groups is 2. The number of carboxylic acid groups (broad SMARTS) is 1. The Morgan fingerprint density at radius 2 is 1.81 bits per heavy atom. The van der Waals surface area contributed by atoms with Gasteiger partial charge >= 0.3 is 13.8 Å². The van der Waals surface area contributed by atoms with Gasteiger partial charge in [0.05, 0.1) is 6.42 Å². The molecular formula is C6H11O9P.